The van der Waals surface area contributed by atoms with Gasteiger partial charge in [0.15, 0.2) is 0 Å². The van der Waals surface area contributed by atoms with Crippen molar-refractivity contribution in [2.45, 2.75) is 0 Å². The predicted molar refractivity (Wildman–Crippen MR) is 37.4 cm³/mol. The van der Waals surface area contributed by atoms with Gasteiger partial charge in [-0.3, -0.25) is 5.21 Å². The molecule has 0 radical (unpaired) electrons. The number of aliphatic hydroxyl groups excluding tert-OH is 1. The van der Waals surface area contributed by atoms with Crippen molar-refractivity contribution in [2.75, 3.05) is 0 Å². The molecule has 0 spiro atoms. The van der Waals surface area contributed by atoms with E-state index in [4.69, 9.17) is 10.3 Å². The van der Waals surface area contributed by atoms with Crippen LogP contribution in [0.15, 0.2) is 41.2 Å². The van der Waals surface area contributed by atoms with Crippen LogP contribution in [0, 0.1) is 4.91 Å². The second-order valence-corrected chi connectivity index (χ2v) is 1.86. The van der Waals surface area contributed by atoms with E-state index in [-0.39, 0.29) is 11.5 Å². The van der Waals surface area contributed by atoms with E-state index in [0.29, 0.717) is 5.06 Å². The highest BCUT2D eigenvalue weighted by Crippen LogP contribution is 2.15. The SMILES string of the molecule is O=N/C=C1\C(O)=CC=CN1O. The summed E-state index contributed by atoms with van der Waals surface area (Å²) in [6.45, 7) is 0. The van der Waals surface area contributed by atoms with Crippen LogP contribution in [0.5, 0.6) is 0 Å². The highest BCUT2D eigenvalue weighted by atomic mass is 16.5. The number of aliphatic hydroxyl groups is 1. The summed E-state index contributed by atoms with van der Waals surface area (Å²) in [5, 5.41) is 21.0. The van der Waals surface area contributed by atoms with Gasteiger partial charge in [-0.1, -0.05) is 0 Å². The summed E-state index contributed by atoms with van der Waals surface area (Å²) < 4.78 is 0. The van der Waals surface area contributed by atoms with E-state index >= 15 is 0 Å². The molecule has 0 amide bonds. The van der Waals surface area contributed by atoms with E-state index in [1.807, 2.05) is 0 Å². The van der Waals surface area contributed by atoms with Crippen molar-refractivity contribution in [3.8, 4) is 0 Å². The van der Waals surface area contributed by atoms with Crippen LogP contribution in [-0.4, -0.2) is 15.4 Å². The molecule has 0 saturated heterocycles. The van der Waals surface area contributed by atoms with Crippen LogP contribution in [0.2, 0.25) is 0 Å². The topological polar surface area (TPSA) is 73.1 Å². The maximum atomic E-state index is 9.74. The minimum Gasteiger partial charge on any atom is -0.506 e. The molecule has 5 nitrogen and oxygen atoms in total. The van der Waals surface area contributed by atoms with Gasteiger partial charge in [-0.15, -0.1) is 4.91 Å². The Balaban J connectivity index is 2.95. The summed E-state index contributed by atoms with van der Waals surface area (Å²) in [7, 11) is 0. The van der Waals surface area contributed by atoms with E-state index < -0.39 is 0 Å². The summed E-state index contributed by atoms with van der Waals surface area (Å²) in [5.41, 5.74) is -0.0394. The Hall–Kier alpha value is -1.62. The van der Waals surface area contributed by atoms with Gasteiger partial charge >= 0.3 is 0 Å². The Morgan fingerprint density at radius 1 is 1.64 bits per heavy atom. The Morgan fingerprint density at radius 3 is 2.91 bits per heavy atom. The minimum atomic E-state index is -0.199. The van der Waals surface area contributed by atoms with Gasteiger partial charge in [-0.2, -0.15) is 0 Å². The summed E-state index contributed by atoms with van der Waals surface area (Å²) in [6.07, 6.45) is 4.85. The van der Waals surface area contributed by atoms with Crippen LogP contribution in [-0.2, 0) is 0 Å². The maximum Gasteiger partial charge on any atom is 0.143 e. The zero-order valence-corrected chi connectivity index (χ0v) is 5.51. The van der Waals surface area contributed by atoms with Gasteiger partial charge in [0.25, 0.3) is 0 Å². The lowest BCUT2D eigenvalue weighted by atomic mass is 10.3. The van der Waals surface area contributed by atoms with Crippen molar-refractivity contribution in [2.24, 2.45) is 5.18 Å². The lowest BCUT2D eigenvalue weighted by Gasteiger charge is -2.16. The molecule has 2 N–H and O–H groups in total. The normalized spacial score (nSPS) is 20.3. The first-order chi connectivity index (χ1) is 5.25. The Labute approximate surface area is 62.5 Å². The summed E-state index contributed by atoms with van der Waals surface area (Å²) in [6, 6.07) is 0. The molecule has 11 heavy (non-hydrogen) atoms. The van der Waals surface area contributed by atoms with E-state index in [2.05, 4.69) is 5.18 Å². The Morgan fingerprint density at radius 2 is 2.36 bits per heavy atom. The first-order valence-electron chi connectivity index (χ1n) is 2.84. The first-order valence-corrected chi connectivity index (χ1v) is 2.84. The van der Waals surface area contributed by atoms with Crippen molar-refractivity contribution in [1.29, 1.82) is 0 Å². The van der Waals surface area contributed by atoms with E-state index in [1.165, 1.54) is 18.4 Å². The predicted octanol–water partition coefficient (Wildman–Crippen LogP) is 1.25. The molecule has 0 aromatic rings. The number of hydrogen-bond acceptors (Lipinski definition) is 5. The molecular weight excluding hydrogens is 148 g/mol. The number of hydrogen-bond donors (Lipinski definition) is 2. The lowest BCUT2D eigenvalue weighted by molar-refractivity contribution is -0.00793. The molecule has 0 saturated carbocycles. The van der Waals surface area contributed by atoms with Gasteiger partial charge in [0.2, 0.25) is 0 Å². The Kier molecular flexibility index (Phi) is 2.03. The fourth-order valence-electron chi connectivity index (χ4n) is 0.674. The molecule has 1 aliphatic heterocycles. The molecule has 0 aromatic heterocycles. The molecule has 0 aromatic carbocycles. The highest BCUT2D eigenvalue weighted by Gasteiger charge is 2.11. The zero-order chi connectivity index (χ0) is 8.27. The highest BCUT2D eigenvalue weighted by molar-refractivity contribution is 5.30. The summed E-state index contributed by atoms with van der Waals surface area (Å²) in [5.74, 6) is -0.199. The fourth-order valence-corrected chi connectivity index (χ4v) is 0.674. The Bertz CT molecular complexity index is 255. The number of hydroxylamine groups is 2. The van der Waals surface area contributed by atoms with Crippen molar-refractivity contribution >= 4 is 0 Å². The quantitative estimate of drug-likeness (QED) is 0.557. The number of nitrogens with zero attached hydrogens (tertiary/aromatic N) is 2. The molecule has 1 rings (SSSR count). The molecule has 0 unspecified atom stereocenters. The first kappa shape index (κ1) is 7.49. The second kappa shape index (κ2) is 2.98. The van der Waals surface area contributed by atoms with Crippen molar-refractivity contribution in [3.63, 3.8) is 0 Å². The molecule has 5 heteroatoms. The standard InChI is InChI=1S/C6H6N2O3/c9-6-2-1-3-8(11)5(6)4-7-10/h1-4,9,11H/b5-4+. The lowest BCUT2D eigenvalue weighted by Crippen LogP contribution is -2.15. The van der Waals surface area contributed by atoms with Crippen molar-refractivity contribution in [1.82, 2.24) is 5.06 Å². The van der Waals surface area contributed by atoms with Gasteiger partial charge in [0, 0.05) is 6.20 Å². The third-order valence-corrected chi connectivity index (χ3v) is 1.17. The molecule has 0 atom stereocenters. The zero-order valence-electron chi connectivity index (χ0n) is 5.51. The van der Waals surface area contributed by atoms with Gasteiger partial charge in [-0.25, -0.2) is 5.06 Å². The summed E-state index contributed by atoms with van der Waals surface area (Å²) in [4.78, 5) is 9.74. The molecule has 1 heterocycles. The smallest absolute Gasteiger partial charge is 0.143 e. The van der Waals surface area contributed by atoms with Crippen molar-refractivity contribution in [3.05, 3.63) is 40.9 Å². The molecule has 0 fully saturated rings. The molecule has 0 bridgehead atoms. The van der Waals surface area contributed by atoms with Crippen LogP contribution >= 0.6 is 0 Å². The summed E-state index contributed by atoms with van der Waals surface area (Å²) >= 11 is 0. The van der Waals surface area contributed by atoms with Crippen LogP contribution < -0.4 is 0 Å². The van der Waals surface area contributed by atoms with E-state index in [9.17, 15) is 4.91 Å². The number of allylic oxidation sites excluding steroid dienone is 2. The van der Waals surface area contributed by atoms with Gasteiger partial charge in [0.05, 0.1) is 0 Å². The van der Waals surface area contributed by atoms with Gasteiger partial charge in [0.1, 0.15) is 17.7 Å². The molecule has 1 aliphatic rings. The number of nitroso groups, excluding NO2 is 1. The van der Waals surface area contributed by atoms with Gasteiger partial charge in [-0.05, 0) is 17.3 Å². The minimum absolute atomic E-state index is 0.0394. The van der Waals surface area contributed by atoms with Gasteiger partial charge < -0.3 is 5.11 Å². The average Bonchev–Trinajstić information content (AvgIpc) is 1.97. The van der Waals surface area contributed by atoms with Crippen molar-refractivity contribution < 1.29 is 10.3 Å². The van der Waals surface area contributed by atoms with E-state index in [0.717, 1.165) is 6.20 Å². The third-order valence-electron chi connectivity index (χ3n) is 1.17. The number of rotatable bonds is 1. The van der Waals surface area contributed by atoms with E-state index in [1.54, 1.807) is 0 Å². The fraction of sp³-hybridized carbons (Fsp3) is 0. The second-order valence-electron chi connectivity index (χ2n) is 1.86. The molecule has 58 valence electrons. The monoisotopic (exact) mass is 154 g/mol. The third kappa shape index (κ3) is 1.44. The van der Waals surface area contributed by atoms with Crippen LogP contribution in [0.25, 0.3) is 0 Å². The maximum absolute atomic E-state index is 9.74. The molecule has 0 aliphatic carbocycles. The van der Waals surface area contributed by atoms with Crippen LogP contribution in [0.3, 0.4) is 0 Å². The van der Waals surface area contributed by atoms with Crippen LogP contribution in [0.1, 0.15) is 0 Å². The molecular formula is C6H6N2O3. The average molecular weight is 154 g/mol. The van der Waals surface area contributed by atoms with Crippen LogP contribution in [0.4, 0.5) is 0 Å². The largest absolute Gasteiger partial charge is 0.506 e.